The summed E-state index contributed by atoms with van der Waals surface area (Å²) in [4.78, 5) is 29.3. The van der Waals surface area contributed by atoms with Crippen LogP contribution >= 0.6 is 11.3 Å². The van der Waals surface area contributed by atoms with E-state index in [-0.39, 0.29) is 17.5 Å². The van der Waals surface area contributed by atoms with Crippen LogP contribution in [-0.4, -0.2) is 35.8 Å². The van der Waals surface area contributed by atoms with Crippen molar-refractivity contribution in [3.05, 3.63) is 40.9 Å². The Morgan fingerprint density at radius 3 is 2.73 bits per heavy atom. The Balaban J connectivity index is 2.05. The van der Waals surface area contributed by atoms with Crippen molar-refractivity contribution < 1.29 is 9.59 Å². The summed E-state index contributed by atoms with van der Waals surface area (Å²) >= 11 is 1.22. The third-order valence-corrected chi connectivity index (χ3v) is 3.46. The van der Waals surface area contributed by atoms with Gasteiger partial charge in [0, 0.05) is 24.5 Å². The van der Waals surface area contributed by atoms with Crippen molar-refractivity contribution in [2.75, 3.05) is 24.7 Å². The van der Waals surface area contributed by atoms with E-state index in [1.54, 1.807) is 5.38 Å². The fourth-order valence-electron chi connectivity index (χ4n) is 1.89. The number of carbonyl (C=O) groups is 2. The largest absolute Gasteiger partial charge is 0.321 e. The van der Waals surface area contributed by atoms with Crippen molar-refractivity contribution in [1.29, 1.82) is 0 Å². The van der Waals surface area contributed by atoms with E-state index in [9.17, 15) is 9.59 Å². The second kappa shape index (κ2) is 7.15. The average molecular weight is 318 g/mol. The lowest BCUT2D eigenvalue weighted by molar-refractivity contribution is -0.114. The van der Waals surface area contributed by atoms with E-state index < -0.39 is 0 Å². The molecule has 2 N–H and O–H groups in total. The maximum Gasteiger partial charge on any atom is 0.275 e. The van der Waals surface area contributed by atoms with Gasteiger partial charge in [0.25, 0.3) is 5.91 Å². The molecule has 0 bridgehead atoms. The van der Waals surface area contributed by atoms with Crippen molar-refractivity contribution >= 4 is 34.0 Å². The lowest BCUT2D eigenvalue weighted by atomic mass is 10.2. The van der Waals surface area contributed by atoms with Crippen molar-refractivity contribution in [3.8, 4) is 0 Å². The molecular formula is C15H18N4O2S. The highest BCUT2D eigenvalue weighted by atomic mass is 32.1. The smallest absolute Gasteiger partial charge is 0.275 e. The Bertz CT molecular complexity index is 682. The van der Waals surface area contributed by atoms with E-state index in [4.69, 9.17) is 0 Å². The summed E-state index contributed by atoms with van der Waals surface area (Å²) < 4.78 is 0. The second-order valence-electron chi connectivity index (χ2n) is 5.11. The molecule has 0 aliphatic rings. The summed E-state index contributed by atoms with van der Waals surface area (Å²) in [5, 5.41) is 7.40. The van der Waals surface area contributed by atoms with E-state index >= 15 is 0 Å². The van der Waals surface area contributed by atoms with Gasteiger partial charge in [0.1, 0.15) is 5.69 Å². The first-order valence-electron chi connectivity index (χ1n) is 6.72. The van der Waals surface area contributed by atoms with Crippen LogP contribution in [0.1, 0.15) is 23.0 Å². The third-order valence-electron chi connectivity index (χ3n) is 2.70. The molecule has 2 amide bonds. The number of nitrogens with one attached hydrogen (secondary N) is 2. The zero-order chi connectivity index (χ0) is 16.1. The number of rotatable bonds is 5. The predicted molar refractivity (Wildman–Crippen MR) is 88.2 cm³/mol. The van der Waals surface area contributed by atoms with Gasteiger partial charge >= 0.3 is 0 Å². The summed E-state index contributed by atoms with van der Waals surface area (Å²) in [7, 11) is 3.98. The highest BCUT2D eigenvalue weighted by Crippen LogP contribution is 2.17. The molecule has 2 rings (SSSR count). The maximum atomic E-state index is 12.2. The van der Waals surface area contributed by atoms with Gasteiger partial charge in [0.2, 0.25) is 5.91 Å². The summed E-state index contributed by atoms with van der Waals surface area (Å²) in [6.07, 6.45) is 0. The molecule has 0 atom stereocenters. The second-order valence-corrected chi connectivity index (χ2v) is 5.97. The Morgan fingerprint density at radius 2 is 2.05 bits per heavy atom. The van der Waals surface area contributed by atoms with Gasteiger partial charge in [-0.15, -0.1) is 11.3 Å². The van der Waals surface area contributed by atoms with Crippen molar-refractivity contribution in [1.82, 2.24) is 9.88 Å². The first-order valence-corrected chi connectivity index (χ1v) is 7.60. The van der Waals surface area contributed by atoms with Crippen LogP contribution in [0.4, 0.5) is 10.8 Å². The van der Waals surface area contributed by atoms with Crippen LogP contribution in [0.2, 0.25) is 0 Å². The number of hydrogen-bond donors (Lipinski definition) is 2. The Labute approximate surface area is 133 Å². The molecule has 116 valence electrons. The van der Waals surface area contributed by atoms with Crippen LogP contribution in [-0.2, 0) is 11.3 Å². The highest BCUT2D eigenvalue weighted by Gasteiger charge is 2.12. The van der Waals surface area contributed by atoms with Crippen LogP contribution in [0.25, 0.3) is 0 Å². The summed E-state index contributed by atoms with van der Waals surface area (Å²) in [5.41, 5.74) is 2.12. The van der Waals surface area contributed by atoms with E-state index in [1.165, 1.54) is 18.3 Å². The molecule has 0 aliphatic carbocycles. The molecule has 0 unspecified atom stereocenters. The monoisotopic (exact) mass is 318 g/mol. The SMILES string of the molecule is CC(=O)Nc1nc(C(=O)Nc2cccc(CN(C)C)c2)cs1. The molecule has 7 heteroatoms. The topological polar surface area (TPSA) is 74.3 Å². The van der Waals surface area contributed by atoms with Crippen LogP contribution in [0.5, 0.6) is 0 Å². The van der Waals surface area contributed by atoms with E-state index in [1.807, 2.05) is 38.4 Å². The van der Waals surface area contributed by atoms with E-state index in [0.29, 0.717) is 5.13 Å². The molecule has 0 radical (unpaired) electrons. The number of benzene rings is 1. The number of carbonyl (C=O) groups excluding carboxylic acids is 2. The molecule has 2 aromatic rings. The van der Waals surface area contributed by atoms with E-state index in [0.717, 1.165) is 17.8 Å². The predicted octanol–water partition coefficient (Wildman–Crippen LogP) is 2.42. The summed E-state index contributed by atoms with van der Waals surface area (Å²) in [5.74, 6) is -0.507. The lowest BCUT2D eigenvalue weighted by Crippen LogP contribution is -2.14. The number of nitrogens with zero attached hydrogens (tertiary/aromatic N) is 2. The first kappa shape index (κ1) is 16.1. The standard InChI is InChI=1S/C15H18N4O2S/c1-10(20)16-15-18-13(9-22-15)14(21)17-12-6-4-5-11(7-12)8-19(2)3/h4-7,9H,8H2,1-3H3,(H,17,21)(H,16,18,20). The molecule has 22 heavy (non-hydrogen) atoms. The fraction of sp³-hybridized carbons (Fsp3) is 0.267. The first-order chi connectivity index (χ1) is 10.4. The number of aromatic nitrogens is 1. The fourth-order valence-corrected chi connectivity index (χ4v) is 2.63. The quantitative estimate of drug-likeness (QED) is 0.888. The molecule has 0 saturated heterocycles. The molecule has 6 nitrogen and oxygen atoms in total. The summed E-state index contributed by atoms with van der Waals surface area (Å²) in [6, 6.07) is 7.67. The number of hydrogen-bond acceptors (Lipinski definition) is 5. The van der Waals surface area contributed by atoms with Gasteiger partial charge in [0.15, 0.2) is 5.13 Å². The zero-order valence-electron chi connectivity index (χ0n) is 12.7. The minimum atomic E-state index is -0.296. The van der Waals surface area contributed by atoms with Gasteiger partial charge in [-0.1, -0.05) is 12.1 Å². The van der Waals surface area contributed by atoms with Crippen LogP contribution in [0.15, 0.2) is 29.6 Å². The van der Waals surface area contributed by atoms with Crippen LogP contribution in [0.3, 0.4) is 0 Å². The Morgan fingerprint density at radius 1 is 1.27 bits per heavy atom. The normalized spacial score (nSPS) is 10.5. The molecule has 0 fully saturated rings. The summed E-state index contributed by atoms with van der Waals surface area (Å²) in [6.45, 7) is 2.20. The third kappa shape index (κ3) is 4.64. The molecule has 1 heterocycles. The van der Waals surface area contributed by atoms with Gasteiger partial charge in [-0.25, -0.2) is 4.98 Å². The van der Waals surface area contributed by atoms with Crippen molar-refractivity contribution in [2.45, 2.75) is 13.5 Å². The number of anilines is 2. The molecule has 0 saturated carbocycles. The lowest BCUT2D eigenvalue weighted by Gasteiger charge is -2.11. The maximum absolute atomic E-state index is 12.2. The molecule has 1 aromatic carbocycles. The molecular weight excluding hydrogens is 300 g/mol. The highest BCUT2D eigenvalue weighted by molar-refractivity contribution is 7.14. The number of amides is 2. The van der Waals surface area contributed by atoms with Crippen molar-refractivity contribution in [2.24, 2.45) is 0 Å². The van der Waals surface area contributed by atoms with Gasteiger partial charge in [-0.05, 0) is 31.8 Å². The number of thiazole rings is 1. The molecule has 0 aliphatic heterocycles. The van der Waals surface area contributed by atoms with Crippen LogP contribution in [0, 0.1) is 0 Å². The minimum absolute atomic E-state index is 0.210. The van der Waals surface area contributed by atoms with E-state index in [2.05, 4.69) is 20.5 Å². The van der Waals surface area contributed by atoms with Gasteiger partial charge in [0.05, 0.1) is 0 Å². The average Bonchev–Trinajstić information content (AvgIpc) is 2.86. The Hall–Kier alpha value is -2.25. The zero-order valence-corrected chi connectivity index (χ0v) is 13.5. The minimum Gasteiger partial charge on any atom is -0.321 e. The van der Waals surface area contributed by atoms with Crippen molar-refractivity contribution in [3.63, 3.8) is 0 Å². The van der Waals surface area contributed by atoms with Gasteiger partial charge in [-0.3, -0.25) is 9.59 Å². The molecule has 1 aromatic heterocycles. The Kier molecular flexibility index (Phi) is 5.24. The van der Waals surface area contributed by atoms with Crippen LogP contribution < -0.4 is 10.6 Å². The van der Waals surface area contributed by atoms with Gasteiger partial charge in [-0.2, -0.15) is 0 Å². The molecule has 0 spiro atoms. The van der Waals surface area contributed by atoms with Gasteiger partial charge < -0.3 is 15.5 Å².